The average molecular weight is 373 g/mol. The van der Waals surface area contributed by atoms with Crippen LogP contribution in [-0.2, 0) is 6.54 Å². The van der Waals surface area contributed by atoms with Crippen LogP contribution in [0.15, 0.2) is 67.1 Å². The third-order valence-corrected chi connectivity index (χ3v) is 4.81. The highest BCUT2D eigenvalue weighted by molar-refractivity contribution is 6.03. The summed E-state index contributed by atoms with van der Waals surface area (Å²) in [6.07, 6.45) is 7.69. The van der Waals surface area contributed by atoms with Gasteiger partial charge in [-0.2, -0.15) is 0 Å². The number of anilines is 3. The molecule has 4 rings (SSSR count). The van der Waals surface area contributed by atoms with E-state index < -0.39 is 0 Å². The molecule has 2 aromatic heterocycles. The van der Waals surface area contributed by atoms with Crippen LogP contribution in [-0.4, -0.2) is 29.0 Å². The molecule has 0 aliphatic carbocycles. The summed E-state index contributed by atoms with van der Waals surface area (Å²) in [7, 11) is 0. The van der Waals surface area contributed by atoms with Gasteiger partial charge < -0.3 is 15.5 Å². The van der Waals surface area contributed by atoms with Gasteiger partial charge in [-0.15, -0.1) is 0 Å². The number of benzene rings is 1. The quantitative estimate of drug-likeness (QED) is 0.685. The van der Waals surface area contributed by atoms with Crippen molar-refractivity contribution in [3.8, 4) is 0 Å². The summed E-state index contributed by atoms with van der Waals surface area (Å²) in [5, 5.41) is 6.21. The second-order valence-electron chi connectivity index (χ2n) is 6.84. The van der Waals surface area contributed by atoms with Gasteiger partial charge >= 0.3 is 0 Å². The molecule has 1 amide bonds. The number of pyridine rings is 2. The lowest BCUT2D eigenvalue weighted by Gasteiger charge is -2.17. The van der Waals surface area contributed by atoms with Crippen LogP contribution in [0.1, 0.15) is 28.9 Å². The molecule has 1 fully saturated rings. The first kappa shape index (κ1) is 18.0. The summed E-state index contributed by atoms with van der Waals surface area (Å²) in [6, 6.07) is 15.5. The SMILES string of the molecule is O=C(Nc1ccc(N2CCCC2)cc1)c1cc(NCc2cccnc2)ccn1. The van der Waals surface area contributed by atoms with E-state index >= 15 is 0 Å². The number of nitrogens with zero attached hydrogens (tertiary/aromatic N) is 3. The van der Waals surface area contributed by atoms with Gasteiger partial charge in [-0.25, -0.2) is 0 Å². The van der Waals surface area contributed by atoms with E-state index in [-0.39, 0.29) is 5.91 Å². The fourth-order valence-electron chi connectivity index (χ4n) is 3.30. The molecule has 0 radical (unpaired) electrons. The molecule has 1 aliphatic heterocycles. The molecule has 0 saturated carbocycles. The van der Waals surface area contributed by atoms with Crippen molar-refractivity contribution in [2.75, 3.05) is 28.6 Å². The van der Waals surface area contributed by atoms with E-state index in [1.54, 1.807) is 18.5 Å². The molecular weight excluding hydrogens is 350 g/mol. The van der Waals surface area contributed by atoms with E-state index in [0.717, 1.165) is 30.0 Å². The molecule has 3 aromatic rings. The zero-order chi connectivity index (χ0) is 19.2. The highest BCUT2D eigenvalue weighted by Gasteiger charge is 2.13. The number of hydrogen-bond acceptors (Lipinski definition) is 5. The molecule has 0 atom stereocenters. The number of carbonyl (C=O) groups excluding carboxylic acids is 1. The van der Waals surface area contributed by atoms with Gasteiger partial charge in [0, 0.05) is 55.3 Å². The molecule has 1 aromatic carbocycles. The maximum absolute atomic E-state index is 12.6. The van der Waals surface area contributed by atoms with Gasteiger partial charge in [0.2, 0.25) is 0 Å². The molecule has 1 saturated heterocycles. The van der Waals surface area contributed by atoms with Crippen molar-refractivity contribution in [1.82, 2.24) is 9.97 Å². The topological polar surface area (TPSA) is 70.2 Å². The van der Waals surface area contributed by atoms with Crippen molar-refractivity contribution in [3.63, 3.8) is 0 Å². The summed E-state index contributed by atoms with van der Waals surface area (Å²) in [5.41, 5.74) is 4.26. The Bertz CT molecular complexity index is 921. The number of amides is 1. The second kappa shape index (κ2) is 8.52. The van der Waals surface area contributed by atoms with E-state index in [4.69, 9.17) is 0 Å². The van der Waals surface area contributed by atoms with E-state index in [1.807, 2.05) is 36.5 Å². The summed E-state index contributed by atoms with van der Waals surface area (Å²) in [6.45, 7) is 2.85. The van der Waals surface area contributed by atoms with Gasteiger partial charge in [-0.1, -0.05) is 6.07 Å². The molecule has 1 aliphatic rings. The van der Waals surface area contributed by atoms with Crippen LogP contribution in [0.3, 0.4) is 0 Å². The first-order valence-corrected chi connectivity index (χ1v) is 9.53. The Morgan fingerprint density at radius 2 is 1.82 bits per heavy atom. The van der Waals surface area contributed by atoms with E-state index in [9.17, 15) is 4.79 Å². The van der Waals surface area contributed by atoms with E-state index in [0.29, 0.717) is 12.2 Å². The summed E-state index contributed by atoms with van der Waals surface area (Å²) in [5.74, 6) is -0.223. The van der Waals surface area contributed by atoms with E-state index in [1.165, 1.54) is 18.5 Å². The molecule has 2 N–H and O–H groups in total. The van der Waals surface area contributed by atoms with Crippen LogP contribution < -0.4 is 15.5 Å². The van der Waals surface area contributed by atoms with Gasteiger partial charge in [-0.3, -0.25) is 14.8 Å². The van der Waals surface area contributed by atoms with Crippen molar-refractivity contribution >= 4 is 23.0 Å². The zero-order valence-electron chi connectivity index (χ0n) is 15.6. The molecule has 0 spiro atoms. The number of aromatic nitrogens is 2. The molecule has 0 bridgehead atoms. The second-order valence-corrected chi connectivity index (χ2v) is 6.84. The maximum Gasteiger partial charge on any atom is 0.274 e. The Labute approximate surface area is 164 Å². The molecular formula is C22H23N5O. The number of carbonyl (C=O) groups is 1. The number of rotatable bonds is 6. The molecule has 3 heterocycles. The van der Waals surface area contributed by atoms with Crippen LogP contribution in [0.5, 0.6) is 0 Å². The van der Waals surface area contributed by atoms with Crippen molar-refractivity contribution in [2.45, 2.75) is 19.4 Å². The summed E-state index contributed by atoms with van der Waals surface area (Å²) >= 11 is 0. The Morgan fingerprint density at radius 1 is 1.00 bits per heavy atom. The van der Waals surface area contributed by atoms with Gasteiger partial charge in [0.15, 0.2) is 0 Å². The van der Waals surface area contributed by atoms with Crippen molar-refractivity contribution in [1.29, 1.82) is 0 Å². The van der Waals surface area contributed by atoms with Gasteiger partial charge in [0.1, 0.15) is 5.69 Å². The van der Waals surface area contributed by atoms with Crippen LogP contribution in [0, 0.1) is 0 Å². The largest absolute Gasteiger partial charge is 0.381 e. The minimum Gasteiger partial charge on any atom is -0.381 e. The van der Waals surface area contributed by atoms with Crippen LogP contribution in [0.2, 0.25) is 0 Å². The molecule has 0 unspecified atom stereocenters. The lowest BCUT2D eigenvalue weighted by Crippen LogP contribution is -2.17. The third kappa shape index (κ3) is 4.46. The van der Waals surface area contributed by atoms with Crippen molar-refractivity contribution in [3.05, 3.63) is 78.4 Å². The normalized spacial score (nSPS) is 13.4. The first-order valence-electron chi connectivity index (χ1n) is 9.53. The standard InChI is InChI=1S/C22H23N5O/c28-22(26-18-5-7-20(8-6-18)27-12-1-2-13-27)21-14-19(9-11-24-21)25-16-17-4-3-10-23-15-17/h3-11,14-15H,1-2,12-13,16H2,(H,24,25)(H,26,28). The van der Waals surface area contributed by atoms with Gasteiger partial charge in [-0.05, 0) is 60.9 Å². The van der Waals surface area contributed by atoms with Gasteiger partial charge in [0.05, 0.1) is 0 Å². The lowest BCUT2D eigenvalue weighted by atomic mass is 10.2. The minimum atomic E-state index is -0.223. The molecule has 28 heavy (non-hydrogen) atoms. The molecule has 6 nitrogen and oxygen atoms in total. The zero-order valence-corrected chi connectivity index (χ0v) is 15.6. The Morgan fingerprint density at radius 3 is 2.57 bits per heavy atom. The molecule has 6 heteroatoms. The van der Waals surface area contributed by atoms with Crippen LogP contribution in [0.4, 0.5) is 17.1 Å². The Hall–Kier alpha value is -3.41. The Kier molecular flexibility index (Phi) is 5.47. The average Bonchev–Trinajstić information content (AvgIpc) is 3.29. The Balaban J connectivity index is 1.37. The van der Waals surface area contributed by atoms with Gasteiger partial charge in [0.25, 0.3) is 5.91 Å². The van der Waals surface area contributed by atoms with Crippen LogP contribution >= 0.6 is 0 Å². The first-order chi connectivity index (χ1) is 13.8. The maximum atomic E-state index is 12.6. The monoisotopic (exact) mass is 373 g/mol. The number of nitrogens with one attached hydrogen (secondary N) is 2. The summed E-state index contributed by atoms with van der Waals surface area (Å²) in [4.78, 5) is 23.2. The minimum absolute atomic E-state index is 0.223. The van der Waals surface area contributed by atoms with E-state index in [2.05, 4.69) is 37.6 Å². The predicted octanol–water partition coefficient (Wildman–Crippen LogP) is 3.94. The van der Waals surface area contributed by atoms with Crippen molar-refractivity contribution < 1.29 is 4.79 Å². The highest BCUT2D eigenvalue weighted by Crippen LogP contribution is 2.22. The third-order valence-electron chi connectivity index (χ3n) is 4.81. The fraction of sp³-hybridized carbons (Fsp3) is 0.227. The van der Waals surface area contributed by atoms with Crippen molar-refractivity contribution in [2.24, 2.45) is 0 Å². The predicted molar refractivity (Wildman–Crippen MR) is 112 cm³/mol. The highest BCUT2D eigenvalue weighted by atomic mass is 16.1. The summed E-state index contributed by atoms with van der Waals surface area (Å²) < 4.78 is 0. The van der Waals surface area contributed by atoms with Crippen LogP contribution in [0.25, 0.3) is 0 Å². The smallest absolute Gasteiger partial charge is 0.274 e. The fourth-order valence-corrected chi connectivity index (χ4v) is 3.30. The number of hydrogen-bond donors (Lipinski definition) is 2. The molecule has 142 valence electrons. The lowest BCUT2D eigenvalue weighted by molar-refractivity contribution is 0.102.